The SMILES string of the molecule is CC(C)(C)NCc1cccnc1Oc1ccc(Br)cc1Br. The molecule has 0 aliphatic heterocycles. The van der Waals surface area contributed by atoms with Crippen LogP contribution in [0.4, 0.5) is 0 Å². The summed E-state index contributed by atoms with van der Waals surface area (Å²) < 4.78 is 7.83. The van der Waals surface area contributed by atoms with Gasteiger partial charge in [-0.2, -0.15) is 0 Å². The molecule has 0 bridgehead atoms. The van der Waals surface area contributed by atoms with E-state index in [4.69, 9.17) is 4.74 Å². The monoisotopic (exact) mass is 412 g/mol. The van der Waals surface area contributed by atoms with Gasteiger partial charge in [0.1, 0.15) is 5.75 Å². The first-order valence-corrected chi connectivity index (χ1v) is 8.25. The topological polar surface area (TPSA) is 34.2 Å². The van der Waals surface area contributed by atoms with Gasteiger partial charge in [0.25, 0.3) is 0 Å². The van der Waals surface area contributed by atoms with Gasteiger partial charge >= 0.3 is 0 Å². The highest BCUT2D eigenvalue weighted by atomic mass is 79.9. The molecule has 2 aromatic rings. The minimum Gasteiger partial charge on any atom is -0.438 e. The molecule has 0 amide bonds. The van der Waals surface area contributed by atoms with Crippen LogP contribution in [0.2, 0.25) is 0 Å². The maximum atomic E-state index is 5.94. The zero-order valence-corrected chi connectivity index (χ0v) is 15.5. The Balaban J connectivity index is 2.20. The molecule has 0 spiro atoms. The van der Waals surface area contributed by atoms with Crippen LogP contribution in [0.1, 0.15) is 26.3 Å². The predicted molar refractivity (Wildman–Crippen MR) is 92.7 cm³/mol. The molecule has 0 fully saturated rings. The van der Waals surface area contributed by atoms with Gasteiger partial charge in [-0.25, -0.2) is 4.98 Å². The number of rotatable bonds is 4. The number of halogens is 2. The molecule has 112 valence electrons. The van der Waals surface area contributed by atoms with Crippen LogP contribution < -0.4 is 10.1 Å². The lowest BCUT2D eigenvalue weighted by atomic mass is 10.1. The third kappa shape index (κ3) is 5.09. The van der Waals surface area contributed by atoms with Crippen molar-refractivity contribution in [3.63, 3.8) is 0 Å². The second kappa shape index (κ2) is 6.90. The summed E-state index contributed by atoms with van der Waals surface area (Å²) in [6.45, 7) is 7.11. The molecular weight excluding hydrogens is 396 g/mol. The molecule has 0 atom stereocenters. The van der Waals surface area contributed by atoms with Gasteiger partial charge in [-0.15, -0.1) is 0 Å². The Morgan fingerprint density at radius 3 is 2.62 bits per heavy atom. The minimum atomic E-state index is 0.0469. The molecule has 1 aromatic heterocycles. The van der Waals surface area contributed by atoms with Crippen LogP contribution in [0.5, 0.6) is 11.6 Å². The predicted octanol–water partition coefficient (Wildman–Crippen LogP) is 5.29. The molecule has 0 unspecified atom stereocenters. The van der Waals surface area contributed by atoms with Gasteiger partial charge in [0.05, 0.1) is 4.47 Å². The van der Waals surface area contributed by atoms with Crippen LogP contribution >= 0.6 is 31.9 Å². The summed E-state index contributed by atoms with van der Waals surface area (Å²) in [6, 6.07) is 9.74. The second-order valence-corrected chi connectivity index (χ2v) is 7.52. The molecule has 21 heavy (non-hydrogen) atoms. The van der Waals surface area contributed by atoms with Crippen molar-refractivity contribution in [2.24, 2.45) is 0 Å². The number of ether oxygens (including phenoxy) is 1. The number of benzene rings is 1. The first kappa shape index (κ1) is 16.5. The van der Waals surface area contributed by atoms with E-state index in [0.717, 1.165) is 20.3 Å². The molecule has 1 heterocycles. The van der Waals surface area contributed by atoms with Gasteiger partial charge in [-0.1, -0.05) is 22.0 Å². The van der Waals surface area contributed by atoms with Crippen LogP contribution in [0.15, 0.2) is 45.5 Å². The van der Waals surface area contributed by atoms with E-state index in [1.807, 2.05) is 30.3 Å². The summed E-state index contributed by atoms with van der Waals surface area (Å²) in [6.07, 6.45) is 1.74. The van der Waals surface area contributed by atoms with Gasteiger partial charge in [0, 0.05) is 28.3 Å². The lowest BCUT2D eigenvalue weighted by Crippen LogP contribution is -2.35. The van der Waals surface area contributed by atoms with Crippen molar-refractivity contribution in [2.75, 3.05) is 0 Å². The number of aromatic nitrogens is 1. The molecule has 0 saturated carbocycles. The molecule has 0 saturated heterocycles. The summed E-state index contributed by atoms with van der Waals surface area (Å²) >= 11 is 6.93. The van der Waals surface area contributed by atoms with E-state index in [-0.39, 0.29) is 5.54 Å². The Hall–Kier alpha value is -0.910. The van der Waals surface area contributed by atoms with E-state index in [1.54, 1.807) is 6.20 Å². The summed E-state index contributed by atoms with van der Waals surface area (Å²) in [4.78, 5) is 4.34. The van der Waals surface area contributed by atoms with Crippen molar-refractivity contribution >= 4 is 31.9 Å². The Kier molecular flexibility index (Phi) is 5.41. The summed E-state index contributed by atoms with van der Waals surface area (Å²) in [5, 5.41) is 3.45. The first-order chi connectivity index (χ1) is 9.85. The second-order valence-electron chi connectivity index (χ2n) is 5.75. The lowest BCUT2D eigenvalue weighted by Gasteiger charge is -2.21. The minimum absolute atomic E-state index is 0.0469. The van der Waals surface area contributed by atoms with Crippen molar-refractivity contribution in [2.45, 2.75) is 32.9 Å². The first-order valence-electron chi connectivity index (χ1n) is 6.67. The van der Waals surface area contributed by atoms with Crippen LogP contribution in [-0.2, 0) is 6.54 Å². The largest absolute Gasteiger partial charge is 0.438 e. The fraction of sp³-hybridized carbons (Fsp3) is 0.312. The number of nitrogens with zero attached hydrogens (tertiary/aromatic N) is 1. The van der Waals surface area contributed by atoms with Crippen molar-refractivity contribution in [1.29, 1.82) is 0 Å². The van der Waals surface area contributed by atoms with Crippen molar-refractivity contribution in [3.8, 4) is 11.6 Å². The van der Waals surface area contributed by atoms with E-state index in [1.165, 1.54) is 0 Å². The van der Waals surface area contributed by atoms with E-state index >= 15 is 0 Å². The van der Waals surface area contributed by atoms with Gasteiger partial charge in [-0.3, -0.25) is 0 Å². The Bertz CT molecular complexity index is 624. The van der Waals surface area contributed by atoms with Crippen LogP contribution in [0.3, 0.4) is 0 Å². The molecule has 3 nitrogen and oxygen atoms in total. The molecule has 0 radical (unpaired) electrons. The quantitative estimate of drug-likeness (QED) is 0.739. The van der Waals surface area contributed by atoms with E-state index in [9.17, 15) is 0 Å². The molecule has 0 aliphatic rings. The molecule has 1 aromatic carbocycles. The van der Waals surface area contributed by atoms with Crippen LogP contribution in [-0.4, -0.2) is 10.5 Å². The summed E-state index contributed by atoms with van der Waals surface area (Å²) in [5.41, 5.74) is 1.08. The maximum absolute atomic E-state index is 5.94. The Morgan fingerprint density at radius 2 is 1.95 bits per heavy atom. The zero-order chi connectivity index (χ0) is 15.5. The fourth-order valence-corrected chi connectivity index (χ4v) is 2.80. The average Bonchev–Trinajstić information content (AvgIpc) is 2.40. The molecular formula is C16H18Br2N2O. The maximum Gasteiger partial charge on any atom is 0.223 e. The van der Waals surface area contributed by atoms with Crippen molar-refractivity contribution in [3.05, 3.63) is 51.0 Å². The normalized spacial score (nSPS) is 11.5. The molecule has 2 rings (SSSR count). The van der Waals surface area contributed by atoms with E-state index in [2.05, 4.69) is 62.9 Å². The van der Waals surface area contributed by atoms with Gasteiger partial charge in [0.15, 0.2) is 0 Å². The fourth-order valence-electron chi connectivity index (χ4n) is 1.67. The summed E-state index contributed by atoms with van der Waals surface area (Å²) in [5.74, 6) is 1.37. The Morgan fingerprint density at radius 1 is 1.19 bits per heavy atom. The third-order valence-electron chi connectivity index (χ3n) is 2.76. The number of hydrogen-bond donors (Lipinski definition) is 1. The van der Waals surface area contributed by atoms with Gasteiger partial charge in [-0.05, 0) is 61.0 Å². The zero-order valence-electron chi connectivity index (χ0n) is 12.3. The van der Waals surface area contributed by atoms with Gasteiger partial charge in [0.2, 0.25) is 5.88 Å². The molecule has 0 aliphatic carbocycles. The number of nitrogens with one attached hydrogen (secondary N) is 1. The van der Waals surface area contributed by atoms with Crippen molar-refractivity contribution < 1.29 is 4.74 Å². The highest BCUT2D eigenvalue weighted by Gasteiger charge is 2.13. The van der Waals surface area contributed by atoms with Crippen LogP contribution in [0.25, 0.3) is 0 Å². The number of pyridine rings is 1. The van der Waals surface area contributed by atoms with Crippen LogP contribution in [0, 0.1) is 0 Å². The third-order valence-corrected chi connectivity index (χ3v) is 3.87. The Labute approximate surface area is 142 Å². The lowest BCUT2D eigenvalue weighted by molar-refractivity contribution is 0.409. The van der Waals surface area contributed by atoms with E-state index in [0.29, 0.717) is 12.4 Å². The summed E-state index contributed by atoms with van der Waals surface area (Å²) in [7, 11) is 0. The highest BCUT2D eigenvalue weighted by molar-refractivity contribution is 9.11. The van der Waals surface area contributed by atoms with E-state index < -0.39 is 0 Å². The number of hydrogen-bond acceptors (Lipinski definition) is 3. The van der Waals surface area contributed by atoms with Gasteiger partial charge < -0.3 is 10.1 Å². The molecule has 5 heteroatoms. The average molecular weight is 414 g/mol. The standard InChI is InChI=1S/C16H18Br2N2O/c1-16(2,3)20-10-11-5-4-8-19-15(11)21-14-7-6-12(17)9-13(14)18/h4-9,20H,10H2,1-3H3. The van der Waals surface area contributed by atoms with Crippen molar-refractivity contribution in [1.82, 2.24) is 10.3 Å². The highest BCUT2D eigenvalue weighted by Crippen LogP contribution is 2.32. The smallest absolute Gasteiger partial charge is 0.223 e. The molecule has 1 N–H and O–H groups in total.